The third-order valence-electron chi connectivity index (χ3n) is 5.07. The molecule has 0 spiro atoms. The van der Waals surface area contributed by atoms with E-state index in [2.05, 4.69) is 17.6 Å². The molecule has 2 atom stereocenters. The first kappa shape index (κ1) is 25.1. The van der Waals surface area contributed by atoms with Crippen molar-refractivity contribution in [3.63, 3.8) is 0 Å². The summed E-state index contributed by atoms with van der Waals surface area (Å²) in [5.41, 5.74) is 1.01. The van der Waals surface area contributed by atoms with Crippen molar-refractivity contribution in [2.45, 2.75) is 32.2 Å². The van der Waals surface area contributed by atoms with Crippen LogP contribution in [-0.2, 0) is 4.79 Å². The number of halogens is 3. The predicted molar refractivity (Wildman–Crippen MR) is 110 cm³/mol. The number of carbonyl (C=O) groups excluding carboxylic acids is 1. The molecule has 1 amide bonds. The second-order valence-corrected chi connectivity index (χ2v) is 7.10. The summed E-state index contributed by atoms with van der Waals surface area (Å²) in [6, 6.07) is 6.54. The molecule has 150 valence electrons. The van der Waals surface area contributed by atoms with E-state index in [1.807, 2.05) is 19.0 Å². The van der Waals surface area contributed by atoms with Gasteiger partial charge in [0.25, 0.3) is 0 Å². The van der Waals surface area contributed by atoms with Crippen LogP contribution in [-0.4, -0.2) is 44.5 Å². The third-order valence-corrected chi connectivity index (χ3v) is 5.07. The van der Waals surface area contributed by atoms with Crippen LogP contribution in [0.1, 0.15) is 37.8 Å². The maximum absolute atomic E-state index is 13.1. The Morgan fingerprint density at radius 3 is 2.35 bits per heavy atom. The van der Waals surface area contributed by atoms with Crippen LogP contribution in [0.25, 0.3) is 0 Å². The normalized spacial score (nSPS) is 17.0. The lowest BCUT2D eigenvalue weighted by molar-refractivity contribution is -0.122. The van der Waals surface area contributed by atoms with E-state index in [1.165, 1.54) is 12.1 Å². The maximum Gasteiger partial charge on any atom is 0.220 e. The first-order valence-electron chi connectivity index (χ1n) is 8.86. The molecule has 1 saturated heterocycles. The number of hydrogen-bond acceptors (Lipinski definition) is 3. The quantitative estimate of drug-likeness (QED) is 0.727. The fourth-order valence-electron chi connectivity index (χ4n) is 3.44. The highest BCUT2D eigenvalue weighted by molar-refractivity contribution is 5.85. The number of carbonyl (C=O) groups is 1. The largest absolute Gasteiger partial charge is 0.354 e. The van der Waals surface area contributed by atoms with Gasteiger partial charge in [-0.1, -0.05) is 19.1 Å². The van der Waals surface area contributed by atoms with Crippen molar-refractivity contribution in [2.24, 2.45) is 11.8 Å². The Kier molecular flexibility index (Phi) is 12.1. The van der Waals surface area contributed by atoms with Gasteiger partial charge < -0.3 is 15.5 Å². The van der Waals surface area contributed by atoms with Crippen molar-refractivity contribution in [1.29, 1.82) is 0 Å². The molecule has 26 heavy (non-hydrogen) atoms. The van der Waals surface area contributed by atoms with E-state index in [1.54, 1.807) is 12.1 Å². The molecule has 1 aliphatic rings. The number of likely N-dealkylation sites (N-methyl/N-ethyl adjacent to an activating group) is 1. The predicted octanol–water partition coefficient (Wildman–Crippen LogP) is 3.41. The molecule has 1 fully saturated rings. The summed E-state index contributed by atoms with van der Waals surface area (Å²) in [7, 11) is 3.94. The highest BCUT2D eigenvalue weighted by atomic mass is 35.5. The monoisotopic (exact) mass is 407 g/mol. The smallest absolute Gasteiger partial charge is 0.220 e. The Morgan fingerprint density at radius 1 is 1.23 bits per heavy atom. The standard InChI is InChI=1S/C19H30FN3O.2ClH/c1-14(15-8-10-21-11-9-15)12-19(24)22-13-18(23(2)3)16-4-6-17(20)7-5-16;;/h4-7,14-15,18,21H,8-13H2,1-3H3,(H,22,24);2*1H. The van der Waals surface area contributed by atoms with Gasteiger partial charge in [-0.15, -0.1) is 24.8 Å². The van der Waals surface area contributed by atoms with Crippen molar-refractivity contribution >= 4 is 30.7 Å². The minimum atomic E-state index is -0.240. The van der Waals surface area contributed by atoms with Crippen LogP contribution >= 0.6 is 24.8 Å². The minimum absolute atomic E-state index is 0. The van der Waals surface area contributed by atoms with Gasteiger partial charge >= 0.3 is 0 Å². The van der Waals surface area contributed by atoms with E-state index in [9.17, 15) is 9.18 Å². The van der Waals surface area contributed by atoms with Crippen LogP contribution in [0.5, 0.6) is 0 Å². The molecule has 1 aromatic carbocycles. The summed E-state index contributed by atoms with van der Waals surface area (Å²) in [5.74, 6) is 0.917. The maximum atomic E-state index is 13.1. The Labute approximate surface area is 169 Å². The Morgan fingerprint density at radius 2 is 1.81 bits per heavy atom. The van der Waals surface area contributed by atoms with Gasteiger partial charge in [0.2, 0.25) is 5.91 Å². The number of nitrogens with one attached hydrogen (secondary N) is 2. The molecule has 2 unspecified atom stereocenters. The molecule has 2 N–H and O–H groups in total. The number of nitrogens with zero attached hydrogens (tertiary/aromatic N) is 1. The van der Waals surface area contributed by atoms with Crippen molar-refractivity contribution in [3.05, 3.63) is 35.6 Å². The van der Waals surface area contributed by atoms with E-state index >= 15 is 0 Å². The van der Waals surface area contributed by atoms with E-state index in [4.69, 9.17) is 0 Å². The average Bonchev–Trinajstić information content (AvgIpc) is 2.57. The molecule has 0 saturated carbocycles. The summed E-state index contributed by atoms with van der Waals surface area (Å²) < 4.78 is 13.1. The van der Waals surface area contributed by atoms with Crippen LogP contribution in [0.2, 0.25) is 0 Å². The number of benzene rings is 1. The highest BCUT2D eigenvalue weighted by Gasteiger charge is 2.22. The first-order chi connectivity index (χ1) is 11.5. The van der Waals surface area contributed by atoms with Gasteiger partial charge in [0, 0.05) is 13.0 Å². The summed E-state index contributed by atoms with van der Waals surface area (Å²) in [6.07, 6.45) is 2.89. The Balaban J connectivity index is 0.00000312. The van der Waals surface area contributed by atoms with E-state index in [0.29, 0.717) is 24.8 Å². The van der Waals surface area contributed by atoms with E-state index in [-0.39, 0.29) is 42.6 Å². The molecule has 1 aromatic rings. The second kappa shape index (κ2) is 12.5. The molecular weight excluding hydrogens is 376 g/mol. The minimum Gasteiger partial charge on any atom is -0.354 e. The Hall–Kier alpha value is -0.880. The lowest BCUT2D eigenvalue weighted by Crippen LogP contribution is -2.37. The molecule has 0 radical (unpaired) electrons. The van der Waals surface area contributed by atoms with Crippen molar-refractivity contribution in [3.8, 4) is 0 Å². The van der Waals surface area contributed by atoms with E-state index in [0.717, 1.165) is 31.5 Å². The van der Waals surface area contributed by atoms with Gasteiger partial charge in [0.15, 0.2) is 0 Å². The molecule has 4 nitrogen and oxygen atoms in total. The molecule has 0 aliphatic carbocycles. The first-order valence-corrected chi connectivity index (χ1v) is 8.86. The number of amides is 1. The fourth-order valence-corrected chi connectivity index (χ4v) is 3.44. The van der Waals surface area contributed by atoms with Crippen LogP contribution < -0.4 is 10.6 Å². The average molecular weight is 408 g/mol. The number of piperidine rings is 1. The summed E-state index contributed by atoms with van der Waals surface area (Å²) >= 11 is 0. The molecule has 0 bridgehead atoms. The summed E-state index contributed by atoms with van der Waals surface area (Å²) in [4.78, 5) is 14.3. The molecule has 0 aromatic heterocycles. The highest BCUT2D eigenvalue weighted by Crippen LogP contribution is 2.24. The SMILES string of the molecule is CC(CC(=O)NCC(c1ccc(F)cc1)N(C)C)C1CCNCC1.Cl.Cl. The van der Waals surface area contributed by atoms with Gasteiger partial charge in [0.1, 0.15) is 5.82 Å². The number of rotatable bonds is 7. The van der Waals surface area contributed by atoms with Crippen molar-refractivity contribution in [1.82, 2.24) is 15.5 Å². The summed E-state index contributed by atoms with van der Waals surface area (Å²) in [6.45, 7) is 4.84. The zero-order valence-electron chi connectivity index (χ0n) is 15.8. The second-order valence-electron chi connectivity index (χ2n) is 7.10. The van der Waals surface area contributed by atoms with Gasteiger partial charge in [-0.3, -0.25) is 4.79 Å². The zero-order valence-corrected chi connectivity index (χ0v) is 17.5. The van der Waals surface area contributed by atoms with Gasteiger partial charge in [-0.25, -0.2) is 4.39 Å². The lowest BCUT2D eigenvalue weighted by atomic mass is 9.84. The third kappa shape index (κ3) is 7.78. The van der Waals surface area contributed by atoms with Crippen LogP contribution in [0.4, 0.5) is 4.39 Å². The Bertz CT molecular complexity index is 522. The molecule has 1 aliphatic heterocycles. The van der Waals surface area contributed by atoms with Crippen LogP contribution in [0.15, 0.2) is 24.3 Å². The van der Waals surface area contributed by atoms with Crippen molar-refractivity contribution < 1.29 is 9.18 Å². The van der Waals surface area contributed by atoms with Crippen LogP contribution in [0.3, 0.4) is 0 Å². The fraction of sp³-hybridized carbons (Fsp3) is 0.632. The van der Waals surface area contributed by atoms with Gasteiger partial charge in [0.05, 0.1) is 6.04 Å². The molecule has 1 heterocycles. The van der Waals surface area contributed by atoms with E-state index < -0.39 is 0 Å². The molecule has 2 rings (SSSR count). The van der Waals surface area contributed by atoms with Crippen LogP contribution in [0, 0.1) is 17.7 Å². The summed E-state index contributed by atoms with van der Waals surface area (Å²) in [5, 5.41) is 6.42. The molecular formula is C19H32Cl2FN3O. The number of hydrogen-bond donors (Lipinski definition) is 2. The van der Waals surface area contributed by atoms with Gasteiger partial charge in [-0.05, 0) is 69.6 Å². The topological polar surface area (TPSA) is 44.4 Å². The van der Waals surface area contributed by atoms with Gasteiger partial charge in [-0.2, -0.15) is 0 Å². The van der Waals surface area contributed by atoms with Crippen molar-refractivity contribution in [2.75, 3.05) is 33.7 Å². The molecule has 7 heteroatoms. The zero-order chi connectivity index (χ0) is 17.5. The lowest BCUT2D eigenvalue weighted by Gasteiger charge is -2.29.